The zero-order chi connectivity index (χ0) is 6.41. The van der Waals surface area contributed by atoms with Crippen molar-refractivity contribution >= 4 is 18.7 Å². The first-order valence-electron chi connectivity index (χ1n) is 2.88. The summed E-state index contributed by atoms with van der Waals surface area (Å²) in [5.41, 5.74) is 0. The van der Waals surface area contributed by atoms with E-state index in [4.69, 9.17) is 16.3 Å². The molecule has 1 nitrogen and oxygen atoms in total. The Labute approximate surface area is 56.9 Å². The van der Waals surface area contributed by atoms with Crippen molar-refractivity contribution in [2.24, 2.45) is 0 Å². The largest absolute Gasteiger partial charge is 0.336 e. The topological polar surface area (TPSA) is 9.23 Å². The van der Waals surface area contributed by atoms with Crippen LogP contribution in [0.25, 0.3) is 0 Å². The summed E-state index contributed by atoms with van der Waals surface area (Å²) in [4.78, 5) is 0. The summed E-state index contributed by atoms with van der Waals surface area (Å²) < 4.78 is 5.22. The average molecular weight is 151 g/mol. The van der Waals surface area contributed by atoms with Gasteiger partial charge in [0.15, 0.2) is 11.8 Å². The maximum absolute atomic E-state index is 5.22. The molecule has 0 rings (SSSR count). The van der Waals surface area contributed by atoms with Crippen molar-refractivity contribution in [1.82, 2.24) is 0 Å². The molecule has 3 heteroatoms. The predicted molar refractivity (Wildman–Crippen MR) is 41.1 cm³/mol. The van der Waals surface area contributed by atoms with Gasteiger partial charge in [-0.05, 0) is 13.3 Å². The smallest absolute Gasteiger partial charge is 0.168 e. The lowest BCUT2D eigenvalue weighted by atomic mass is 10.5. The molecule has 0 heterocycles. The van der Waals surface area contributed by atoms with Crippen LogP contribution in [0.1, 0.15) is 20.3 Å². The molecule has 48 valence electrons. The van der Waals surface area contributed by atoms with Gasteiger partial charge in [-0.1, -0.05) is 6.92 Å². The fourth-order valence-electron chi connectivity index (χ4n) is 0.284. The Morgan fingerprint density at radius 2 is 2.12 bits per heavy atom. The maximum atomic E-state index is 5.22. The minimum atomic E-state index is -0.501. The Morgan fingerprint density at radius 3 is 2.50 bits per heavy atom. The average Bonchev–Trinajstić information content (AvgIpc) is 1.83. The molecule has 0 aromatic carbocycles. The molecule has 0 radical (unpaired) electrons. The SMILES string of the molecule is CCCO[P+](=S)CC. The van der Waals surface area contributed by atoms with Gasteiger partial charge in [0, 0.05) is 0 Å². The van der Waals surface area contributed by atoms with Gasteiger partial charge in [0.05, 0.1) is 0 Å². The van der Waals surface area contributed by atoms with Crippen molar-refractivity contribution in [2.45, 2.75) is 20.3 Å². The molecule has 0 aromatic rings. The molecule has 0 fully saturated rings. The number of rotatable bonds is 4. The molecule has 0 spiro atoms. The first-order valence-corrected chi connectivity index (χ1v) is 5.34. The molecule has 1 atom stereocenters. The van der Waals surface area contributed by atoms with E-state index in [1.54, 1.807) is 0 Å². The van der Waals surface area contributed by atoms with Gasteiger partial charge in [0.1, 0.15) is 12.8 Å². The maximum Gasteiger partial charge on any atom is 0.336 e. The molecule has 0 saturated heterocycles. The summed E-state index contributed by atoms with van der Waals surface area (Å²) in [5.74, 6) is 0. The third-order valence-corrected chi connectivity index (χ3v) is 2.78. The monoisotopic (exact) mass is 151 g/mol. The summed E-state index contributed by atoms with van der Waals surface area (Å²) in [6.07, 6.45) is 2.08. The second-order valence-electron chi connectivity index (χ2n) is 1.48. The van der Waals surface area contributed by atoms with Gasteiger partial charge in [-0.3, -0.25) is 0 Å². The van der Waals surface area contributed by atoms with Gasteiger partial charge in [-0.2, -0.15) is 4.52 Å². The van der Waals surface area contributed by atoms with Crippen molar-refractivity contribution in [1.29, 1.82) is 0 Å². The van der Waals surface area contributed by atoms with Gasteiger partial charge in [0.2, 0.25) is 0 Å². The lowest BCUT2D eigenvalue weighted by Gasteiger charge is -1.84. The van der Waals surface area contributed by atoms with Crippen LogP contribution < -0.4 is 0 Å². The van der Waals surface area contributed by atoms with Gasteiger partial charge >= 0.3 is 6.92 Å². The summed E-state index contributed by atoms with van der Waals surface area (Å²) in [5, 5.41) is 0. The van der Waals surface area contributed by atoms with Crippen LogP contribution in [0.15, 0.2) is 0 Å². The van der Waals surface area contributed by atoms with E-state index in [-0.39, 0.29) is 0 Å². The first-order chi connectivity index (χ1) is 3.81. The molecule has 8 heavy (non-hydrogen) atoms. The molecule has 0 aliphatic carbocycles. The second-order valence-corrected chi connectivity index (χ2v) is 4.26. The Hall–Kier alpha value is 0.480. The lowest BCUT2D eigenvalue weighted by molar-refractivity contribution is 0.361. The van der Waals surface area contributed by atoms with Crippen molar-refractivity contribution in [3.05, 3.63) is 0 Å². The summed E-state index contributed by atoms with van der Waals surface area (Å²) >= 11 is 4.95. The summed E-state index contributed by atoms with van der Waals surface area (Å²) in [7, 11) is 0. The third kappa shape index (κ3) is 4.63. The van der Waals surface area contributed by atoms with E-state index in [1.807, 2.05) is 0 Å². The van der Waals surface area contributed by atoms with Crippen LogP contribution in [-0.4, -0.2) is 12.8 Å². The minimum Gasteiger partial charge on any atom is -0.168 e. The summed E-state index contributed by atoms with van der Waals surface area (Å²) in [6, 6.07) is 0. The fourth-order valence-corrected chi connectivity index (χ4v) is 1.08. The lowest BCUT2D eigenvalue weighted by Crippen LogP contribution is -1.82. The number of hydrogen-bond donors (Lipinski definition) is 0. The van der Waals surface area contributed by atoms with Gasteiger partial charge < -0.3 is 0 Å². The summed E-state index contributed by atoms with van der Waals surface area (Å²) in [6.45, 7) is 4.49. The Kier molecular flexibility index (Phi) is 5.95. The molecule has 0 saturated carbocycles. The van der Waals surface area contributed by atoms with E-state index in [2.05, 4.69) is 13.8 Å². The Balaban J connectivity index is 2.99. The van der Waals surface area contributed by atoms with Crippen molar-refractivity contribution in [3.63, 3.8) is 0 Å². The predicted octanol–water partition coefficient (Wildman–Crippen LogP) is 2.29. The Bertz CT molecular complexity index is 74.8. The standard InChI is InChI=1S/C5H12OPS/c1-3-5-6-7(8)4-2/h3-5H2,1-2H3/q+1. The zero-order valence-electron chi connectivity index (χ0n) is 5.39. The molecule has 0 aliphatic heterocycles. The highest BCUT2D eigenvalue weighted by atomic mass is 32.4. The van der Waals surface area contributed by atoms with Gasteiger partial charge in [-0.15, -0.1) is 0 Å². The molecule has 0 aliphatic rings. The van der Waals surface area contributed by atoms with E-state index < -0.39 is 6.92 Å². The molecule has 0 N–H and O–H groups in total. The minimum absolute atomic E-state index is 0.501. The molecule has 1 unspecified atom stereocenters. The van der Waals surface area contributed by atoms with Gasteiger partial charge in [0.25, 0.3) is 0 Å². The van der Waals surface area contributed by atoms with Crippen LogP contribution in [0.3, 0.4) is 0 Å². The normalized spacial score (nSPS) is 11.5. The highest BCUT2D eigenvalue weighted by Gasteiger charge is 2.03. The molecular weight excluding hydrogens is 139 g/mol. The third-order valence-electron chi connectivity index (χ3n) is 0.698. The quantitative estimate of drug-likeness (QED) is 0.570. The van der Waals surface area contributed by atoms with Crippen molar-refractivity contribution < 1.29 is 4.52 Å². The van der Waals surface area contributed by atoms with Crippen LogP contribution in [0.4, 0.5) is 0 Å². The number of hydrogen-bond acceptors (Lipinski definition) is 2. The highest BCUT2D eigenvalue weighted by Crippen LogP contribution is 2.20. The van der Waals surface area contributed by atoms with Crippen LogP contribution in [-0.2, 0) is 16.3 Å². The zero-order valence-corrected chi connectivity index (χ0v) is 7.10. The van der Waals surface area contributed by atoms with E-state index in [0.717, 1.165) is 19.2 Å². The van der Waals surface area contributed by atoms with Crippen molar-refractivity contribution in [2.75, 3.05) is 12.8 Å². The van der Waals surface area contributed by atoms with Gasteiger partial charge in [-0.25, -0.2) is 0 Å². The van der Waals surface area contributed by atoms with E-state index in [0.29, 0.717) is 0 Å². The van der Waals surface area contributed by atoms with E-state index in [9.17, 15) is 0 Å². The highest BCUT2D eigenvalue weighted by molar-refractivity contribution is 8.02. The molecule has 0 amide bonds. The molecule has 0 bridgehead atoms. The Morgan fingerprint density at radius 1 is 1.50 bits per heavy atom. The van der Waals surface area contributed by atoms with Crippen molar-refractivity contribution in [3.8, 4) is 0 Å². The van der Waals surface area contributed by atoms with E-state index in [1.165, 1.54) is 0 Å². The van der Waals surface area contributed by atoms with E-state index >= 15 is 0 Å². The first kappa shape index (κ1) is 8.48. The van der Waals surface area contributed by atoms with Crippen LogP contribution in [0.5, 0.6) is 0 Å². The fraction of sp³-hybridized carbons (Fsp3) is 1.00. The van der Waals surface area contributed by atoms with Crippen LogP contribution >= 0.6 is 6.92 Å². The second kappa shape index (κ2) is 5.61. The molecular formula is C5H12OPS+. The van der Waals surface area contributed by atoms with Crippen LogP contribution in [0, 0.1) is 0 Å². The van der Waals surface area contributed by atoms with Crippen LogP contribution in [0.2, 0.25) is 0 Å². The molecule has 0 aromatic heterocycles.